The Labute approximate surface area is 81.3 Å². The largest absolute Gasteiger partial charge is 0.390 e. The Morgan fingerprint density at radius 1 is 1.31 bits per heavy atom. The number of rotatable bonds is 2. The molecule has 0 amide bonds. The van der Waals surface area contributed by atoms with E-state index in [9.17, 15) is 5.11 Å². The molecule has 1 aliphatic rings. The highest BCUT2D eigenvalue weighted by Gasteiger charge is 2.36. The maximum atomic E-state index is 10.3. The van der Waals surface area contributed by atoms with E-state index in [0.29, 0.717) is 5.92 Å². The molecule has 78 valence electrons. The van der Waals surface area contributed by atoms with Crippen LogP contribution in [-0.2, 0) is 4.74 Å². The standard InChI is InChI=1S/C11H22O2/c1-8(2)5-11(12)6-9(3)13-10(4)7-11/h8-10,12H,5-7H2,1-4H3. The quantitative estimate of drug-likeness (QED) is 0.717. The van der Waals surface area contributed by atoms with Gasteiger partial charge in [0, 0.05) is 12.8 Å². The van der Waals surface area contributed by atoms with Gasteiger partial charge >= 0.3 is 0 Å². The first-order valence-corrected chi connectivity index (χ1v) is 5.29. The first kappa shape index (κ1) is 11.0. The van der Waals surface area contributed by atoms with Crippen LogP contribution >= 0.6 is 0 Å². The van der Waals surface area contributed by atoms with Crippen molar-refractivity contribution in [3.05, 3.63) is 0 Å². The molecular weight excluding hydrogens is 164 g/mol. The van der Waals surface area contributed by atoms with Gasteiger partial charge in [-0.05, 0) is 26.2 Å². The van der Waals surface area contributed by atoms with Crippen LogP contribution in [-0.4, -0.2) is 22.9 Å². The molecule has 1 rings (SSSR count). The van der Waals surface area contributed by atoms with Crippen molar-refractivity contribution in [2.45, 2.75) is 64.8 Å². The van der Waals surface area contributed by atoms with E-state index in [2.05, 4.69) is 13.8 Å². The first-order chi connectivity index (χ1) is 5.91. The van der Waals surface area contributed by atoms with E-state index in [4.69, 9.17) is 4.74 Å². The molecule has 0 aromatic rings. The molecule has 2 unspecified atom stereocenters. The summed E-state index contributed by atoms with van der Waals surface area (Å²) in [6, 6.07) is 0. The minimum Gasteiger partial charge on any atom is -0.390 e. The molecule has 1 fully saturated rings. The molecule has 13 heavy (non-hydrogen) atoms. The van der Waals surface area contributed by atoms with Crippen molar-refractivity contribution in [3.8, 4) is 0 Å². The summed E-state index contributed by atoms with van der Waals surface area (Å²) in [6.07, 6.45) is 2.87. The number of hydrogen-bond acceptors (Lipinski definition) is 2. The normalized spacial score (nSPS) is 41.1. The molecular formula is C11H22O2. The summed E-state index contributed by atoms with van der Waals surface area (Å²) in [6.45, 7) is 8.40. The molecule has 0 bridgehead atoms. The van der Waals surface area contributed by atoms with Gasteiger partial charge in [-0.15, -0.1) is 0 Å². The van der Waals surface area contributed by atoms with Crippen molar-refractivity contribution in [2.75, 3.05) is 0 Å². The summed E-state index contributed by atoms with van der Waals surface area (Å²) >= 11 is 0. The van der Waals surface area contributed by atoms with Crippen LogP contribution in [0.1, 0.15) is 47.0 Å². The molecule has 2 heteroatoms. The average Bonchev–Trinajstić information content (AvgIpc) is 1.77. The van der Waals surface area contributed by atoms with Crippen LogP contribution in [0.5, 0.6) is 0 Å². The van der Waals surface area contributed by atoms with E-state index in [0.717, 1.165) is 19.3 Å². The Morgan fingerprint density at radius 3 is 2.15 bits per heavy atom. The van der Waals surface area contributed by atoms with Crippen molar-refractivity contribution in [1.29, 1.82) is 0 Å². The molecule has 1 N–H and O–H groups in total. The molecule has 0 radical (unpaired) electrons. The highest BCUT2D eigenvalue weighted by Crippen LogP contribution is 2.33. The van der Waals surface area contributed by atoms with Gasteiger partial charge in [-0.2, -0.15) is 0 Å². The molecule has 2 nitrogen and oxygen atoms in total. The van der Waals surface area contributed by atoms with Crippen molar-refractivity contribution in [3.63, 3.8) is 0 Å². The van der Waals surface area contributed by atoms with E-state index in [1.165, 1.54) is 0 Å². The third-order valence-electron chi connectivity index (χ3n) is 2.59. The fourth-order valence-corrected chi connectivity index (χ4v) is 2.57. The summed E-state index contributed by atoms with van der Waals surface area (Å²) in [4.78, 5) is 0. The third-order valence-corrected chi connectivity index (χ3v) is 2.59. The van der Waals surface area contributed by atoms with Gasteiger partial charge in [-0.25, -0.2) is 0 Å². The SMILES string of the molecule is CC(C)CC1(O)CC(C)OC(C)C1. The minimum atomic E-state index is -0.481. The van der Waals surface area contributed by atoms with E-state index >= 15 is 0 Å². The fraction of sp³-hybridized carbons (Fsp3) is 1.00. The lowest BCUT2D eigenvalue weighted by atomic mass is 9.81. The molecule has 2 atom stereocenters. The molecule has 0 aromatic heterocycles. The lowest BCUT2D eigenvalue weighted by molar-refractivity contribution is -0.138. The lowest BCUT2D eigenvalue weighted by Crippen LogP contribution is -2.44. The van der Waals surface area contributed by atoms with Crippen LogP contribution < -0.4 is 0 Å². The highest BCUT2D eigenvalue weighted by atomic mass is 16.5. The predicted molar refractivity (Wildman–Crippen MR) is 53.6 cm³/mol. The van der Waals surface area contributed by atoms with Gasteiger partial charge in [0.05, 0.1) is 17.8 Å². The van der Waals surface area contributed by atoms with Crippen molar-refractivity contribution < 1.29 is 9.84 Å². The molecule has 1 heterocycles. The van der Waals surface area contributed by atoms with Gasteiger partial charge in [-0.3, -0.25) is 0 Å². The Balaban J connectivity index is 2.55. The molecule has 1 saturated heterocycles. The van der Waals surface area contributed by atoms with Gasteiger partial charge in [0.1, 0.15) is 0 Å². The third kappa shape index (κ3) is 3.28. The summed E-state index contributed by atoms with van der Waals surface area (Å²) in [5.74, 6) is 0.558. The number of ether oxygens (including phenoxy) is 1. The summed E-state index contributed by atoms with van der Waals surface area (Å²) in [5, 5.41) is 10.3. The minimum absolute atomic E-state index is 0.201. The monoisotopic (exact) mass is 186 g/mol. The molecule has 1 aliphatic heterocycles. The smallest absolute Gasteiger partial charge is 0.0699 e. The zero-order valence-corrected chi connectivity index (χ0v) is 9.21. The second-order valence-electron chi connectivity index (χ2n) is 4.99. The summed E-state index contributed by atoms with van der Waals surface area (Å²) in [5.41, 5.74) is -0.481. The predicted octanol–water partition coefficient (Wildman–Crippen LogP) is 2.35. The van der Waals surface area contributed by atoms with E-state index in [-0.39, 0.29) is 12.2 Å². The number of aliphatic hydroxyl groups is 1. The van der Waals surface area contributed by atoms with Crippen LogP contribution in [0, 0.1) is 5.92 Å². The van der Waals surface area contributed by atoms with Gasteiger partial charge in [0.2, 0.25) is 0 Å². The Morgan fingerprint density at radius 2 is 1.77 bits per heavy atom. The van der Waals surface area contributed by atoms with Crippen LogP contribution in [0.3, 0.4) is 0 Å². The number of hydrogen-bond donors (Lipinski definition) is 1. The van der Waals surface area contributed by atoms with Crippen molar-refractivity contribution >= 4 is 0 Å². The molecule has 0 saturated carbocycles. The fourth-order valence-electron chi connectivity index (χ4n) is 2.57. The lowest BCUT2D eigenvalue weighted by Gasteiger charge is -2.40. The first-order valence-electron chi connectivity index (χ1n) is 5.29. The summed E-state index contributed by atoms with van der Waals surface area (Å²) in [7, 11) is 0. The van der Waals surface area contributed by atoms with Gasteiger partial charge < -0.3 is 9.84 Å². The van der Waals surface area contributed by atoms with E-state index in [1.807, 2.05) is 13.8 Å². The second kappa shape index (κ2) is 3.97. The van der Waals surface area contributed by atoms with Crippen LogP contribution in [0.4, 0.5) is 0 Å². The van der Waals surface area contributed by atoms with Gasteiger partial charge in [0.15, 0.2) is 0 Å². The van der Waals surface area contributed by atoms with Gasteiger partial charge in [-0.1, -0.05) is 13.8 Å². The van der Waals surface area contributed by atoms with Crippen molar-refractivity contribution in [1.82, 2.24) is 0 Å². The van der Waals surface area contributed by atoms with Gasteiger partial charge in [0.25, 0.3) is 0 Å². The van der Waals surface area contributed by atoms with E-state index < -0.39 is 5.60 Å². The summed E-state index contributed by atoms with van der Waals surface area (Å²) < 4.78 is 5.60. The zero-order chi connectivity index (χ0) is 10.1. The maximum Gasteiger partial charge on any atom is 0.0699 e. The maximum absolute atomic E-state index is 10.3. The average molecular weight is 186 g/mol. The van der Waals surface area contributed by atoms with Crippen molar-refractivity contribution in [2.24, 2.45) is 5.92 Å². The Kier molecular flexibility index (Phi) is 3.36. The van der Waals surface area contributed by atoms with Crippen LogP contribution in [0.25, 0.3) is 0 Å². The second-order valence-corrected chi connectivity index (χ2v) is 4.99. The zero-order valence-electron chi connectivity index (χ0n) is 9.21. The topological polar surface area (TPSA) is 29.5 Å². The Hall–Kier alpha value is -0.0800. The molecule has 0 aromatic carbocycles. The van der Waals surface area contributed by atoms with Crippen LogP contribution in [0.15, 0.2) is 0 Å². The molecule has 0 spiro atoms. The highest BCUT2D eigenvalue weighted by molar-refractivity contribution is 4.87. The van der Waals surface area contributed by atoms with Crippen LogP contribution in [0.2, 0.25) is 0 Å². The Bertz CT molecular complexity index is 150. The molecule has 0 aliphatic carbocycles. The van der Waals surface area contributed by atoms with E-state index in [1.54, 1.807) is 0 Å².